The molecule has 1 saturated carbocycles. The summed E-state index contributed by atoms with van der Waals surface area (Å²) in [6.45, 7) is 3.88. The van der Waals surface area contributed by atoms with E-state index in [1.807, 2.05) is 31.2 Å². The topological polar surface area (TPSA) is 21.3 Å². The summed E-state index contributed by atoms with van der Waals surface area (Å²) in [7, 11) is 0. The lowest BCUT2D eigenvalue weighted by molar-refractivity contribution is 0.296. The number of hydrogen-bond donors (Lipinski definition) is 1. The molecule has 0 radical (unpaired) electrons. The van der Waals surface area contributed by atoms with Crippen LogP contribution in [-0.2, 0) is 0 Å². The minimum absolute atomic E-state index is 0.749. The van der Waals surface area contributed by atoms with E-state index in [2.05, 4.69) is 17.5 Å². The van der Waals surface area contributed by atoms with Crippen LogP contribution < -0.4 is 10.1 Å². The van der Waals surface area contributed by atoms with Gasteiger partial charge >= 0.3 is 0 Å². The van der Waals surface area contributed by atoms with Crippen LogP contribution in [-0.4, -0.2) is 19.2 Å². The lowest BCUT2D eigenvalue weighted by Gasteiger charge is -2.22. The van der Waals surface area contributed by atoms with E-state index in [1.165, 1.54) is 32.1 Å². The molecule has 1 fully saturated rings. The molecule has 110 valence electrons. The van der Waals surface area contributed by atoms with Crippen LogP contribution in [0.1, 0.15) is 51.0 Å². The molecule has 0 spiro atoms. The van der Waals surface area contributed by atoms with Crippen molar-refractivity contribution in [3.05, 3.63) is 35.9 Å². The fraction of sp³-hybridized carbons (Fsp3) is 0.556. The minimum atomic E-state index is 0.749. The van der Waals surface area contributed by atoms with Gasteiger partial charge in [-0.1, -0.05) is 49.6 Å². The Labute approximate surface area is 123 Å². The van der Waals surface area contributed by atoms with Gasteiger partial charge in [0.2, 0.25) is 0 Å². The molecule has 1 aromatic rings. The van der Waals surface area contributed by atoms with Crippen molar-refractivity contribution in [2.24, 2.45) is 0 Å². The maximum atomic E-state index is 5.89. The molecule has 0 atom stereocenters. The van der Waals surface area contributed by atoms with Gasteiger partial charge in [0.25, 0.3) is 0 Å². The van der Waals surface area contributed by atoms with E-state index in [0.29, 0.717) is 0 Å². The predicted molar refractivity (Wildman–Crippen MR) is 86.1 cm³/mol. The van der Waals surface area contributed by atoms with Gasteiger partial charge in [0.1, 0.15) is 5.75 Å². The van der Waals surface area contributed by atoms with Crippen molar-refractivity contribution in [3.8, 4) is 5.75 Å². The quantitative estimate of drug-likeness (QED) is 0.743. The third-order valence-electron chi connectivity index (χ3n) is 3.88. The Morgan fingerprint density at radius 2 is 2.00 bits per heavy atom. The molecule has 0 aromatic heterocycles. The molecular weight excluding hydrogens is 246 g/mol. The van der Waals surface area contributed by atoms with Crippen molar-refractivity contribution >= 4 is 6.08 Å². The van der Waals surface area contributed by atoms with Gasteiger partial charge in [-0.15, -0.1) is 0 Å². The Morgan fingerprint density at radius 1 is 1.20 bits per heavy atom. The molecule has 0 saturated heterocycles. The summed E-state index contributed by atoms with van der Waals surface area (Å²) >= 11 is 0. The highest BCUT2D eigenvalue weighted by molar-refractivity contribution is 5.56. The average Bonchev–Trinajstić information content (AvgIpc) is 2.50. The van der Waals surface area contributed by atoms with Gasteiger partial charge in [-0.25, -0.2) is 0 Å². The monoisotopic (exact) mass is 273 g/mol. The lowest BCUT2D eigenvalue weighted by Crippen LogP contribution is -2.32. The van der Waals surface area contributed by atoms with E-state index >= 15 is 0 Å². The first-order valence-corrected chi connectivity index (χ1v) is 7.98. The molecule has 0 bridgehead atoms. The number of nitrogens with one attached hydrogen (secondary N) is 1. The highest BCUT2D eigenvalue weighted by Crippen LogP contribution is 2.20. The first-order valence-electron chi connectivity index (χ1n) is 7.98. The van der Waals surface area contributed by atoms with E-state index in [4.69, 9.17) is 4.74 Å². The summed E-state index contributed by atoms with van der Waals surface area (Å²) in [6.07, 6.45) is 12.1. The number of hydrogen-bond acceptors (Lipinski definition) is 2. The van der Waals surface area contributed by atoms with E-state index in [1.54, 1.807) is 0 Å². The smallest absolute Gasteiger partial charge is 0.126 e. The normalized spacial score (nSPS) is 16.6. The summed E-state index contributed by atoms with van der Waals surface area (Å²) in [5.74, 6) is 0.989. The number of allylic oxidation sites excluding steroid dienone is 1. The van der Waals surface area contributed by atoms with Crippen LogP contribution in [0, 0.1) is 0 Å². The molecule has 0 amide bonds. The summed E-state index contributed by atoms with van der Waals surface area (Å²) in [5, 5.41) is 3.65. The van der Waals surface area contributed by atoms with Crippen LogP contribution >= 0.6 is 0 Å². The van der Waals surface area contributed by atoms with Crippen molar-refractivity contribution in [2.75, 3.05) is 13.2 Å². The standard InChI is InChI=1S/C18H27NO/c1-2-9-16-10-6-7-13-18(16)20-15-8-14-19-17-11-4-3-5-12-17/h2,6-7,9-10,13,17,19H,3-5,8,11-12,14-15H2,1H3. The maximum absolute atomic E-state index is 5.89. The Morgan fingerprint density at radius 3 is 2.80 bits per heavy atom. The fourth-order valence-electron chi connectivity index (χ4n) is 2.80. The van der Waals surface area contributed by atoms with E-state index in [0.717, 1.165) is 36.9 Å². The van der Waals surface area contributed by atoms with Gasteiger partial charge < -0.3 is 10.1 Å². The zero-order valence-electron chi connectivity index (χ0n) is 12.6. The number of para-hydroxylation sites is 1. The number of rotatable bonds is 7. The zero-order valence-corrected chi connectivity index (χ0v) is 12.6. The van der Waals surface area contributed by atoms with Crippen molar-refractivity contribution in [2.45, 2.75) is 51.5 Å². The van der Waals surface area contributed by atoms with Gasteiger partial charge in [0.05, 0.1) is 6.61 Å². The van der Waals surface area contributed by atoms with Crippen LogP contribution in [0.4, 0.5) is 0 Å². The third-order valence-corrected chi connectivity index (χ3v) is 3.88. The molecule has 0 heterocycles. The SMILES string of the molecule is CC=Cc1ccccc1OCCCNC1CCCCC1. The zero-order chi connectivity index (χ0) is 14.0. The summed E-state index contributed by atoms with van der Waals surface area (Å²) < 4.78 is 5.89. The van der Waals surface area contributed by atoms with Crippen LogP contribution in [0.3, 0.4) is 0 Å². The molecule has 0 unspecified atom stereocenters. The molecule has 1 N–H and O–H groups in total. The van der Waals surface area contributed by atoms with Crippen LogP contribution in [0.2, 0.25) is 0 Å². The molecule has 2 heteroatoms. The molecule has 1 aliphatic rings. The molecular formula is C18H27NO. The fourth-order valence-corrected chi connectivity index (χ4v) is 2.80. The first kappa shape index (κ1) is 15.1. The van der Waals surface area contributed by atoms with E-state index in [-0.39, 0.29) is 0 Å². The first-order chi connectivity index (χ1) is 9.90. The highest BCUT2D eigenvalue weighted by Gasteiger charge is 2.11. The second-order valence-electron chi connectivity index (χ2n) is 5.53. The van der Waals surface area contributed by atoms with Gasteiger partial charge in [-0.3, -0.25) is 0 Å². The largest absolute Gasteiger partial charge is 0.493 e. The molecule has 20 heavy (non-hydrogen) atoms. The highest BCUT2D eigenvalue weighted by atomic mass is 16.5. The molecule has 1 aliphatic carbocycles. The second-order valence-corrected chi connectivity index (χ2v) is 5.53. The summed E-state index contributed by atoms with van der Waals surface area (Å²) in [6, 6.07) is 8.97. The minimum Gasteiger partial charge on any atom is -0.493 e. The average molecular weight is 273 g/mol. The van der Waals surface area contributed by atoms with Crippen LogP contribution in [0.5, 0.6) is 5.75 Å². The molecule has 2 nitrogen and oxygen atoms in total. The predicted octanol–water partition coefficient (Wildman–Crippen LogP) is 4.41. The van der Waals surface area contributed by atoms with Gasteiger partial charge in [-0.2, -0.15) is 0 Å². The lowest BCUT2D eigenvalue weighted by atomic mass is 9.95. The van der Waals surface area contributed by atoms with Crippen molar-refractivity contribution in [1.82, 2.24) is 5.32 Å². The summed E-state index contributed by atoms with van der Waals surface area (Å²) in [4.78, 5) is 0. The molecule has 1 aromatic carbocycles. The van der Waals surface area contributed by atoms with Crippen molar-refractivity contribution < 1.29 is 4.74 Å². The van der Waals surface area contributed by atoms with Crippen LogP contribution in [0.25, 0.3) is 6.08 Å². The Bertz CT molecular complexity index is 408. The van der Waals surface area contributed by atoms with Crippen molar-refractivity contribution in [1.29, 1.82) is 0 Å². The van der Waals surface area contributed by atoms with Crippen LogP contribution in [0.15, 0.2) is 30.3 Å². The Kier molecular flexibility index (Phi) is 6.65. The van der Waals surface area contributed by atoms with Gasteiger partial charge in [0.15, 0.2) is 0 Å². The maximum Gasteiger partial charge on any atom is 0.126 e. The molecule has 2 rings (SSSR count). The number of ether oxygens (including phenoxy) is 1. The molecule has 0 aliphatic heterocycles. The van der Waals surface area contributed by atoms with Gasteiger partial charge in [-0.05, 0) is 38.8 Å². The van der Waals surface area contributed by atoms with Crippen molar-refractivity contribution in [3.63, 3.8) is 0 Å². The van der Waals surface area contributed by atoms with Gasteiger partial charge in [0, 0.05) is 11.6 Å². The van der Waals surface area contributed by atoms with E-state index < -0.39 is 0 Å². The van der Waals surface area contributed by atoms with E-state index in [9.17, 15) is 0 Å². The third kappa shape index (κ3) is 5.01. The Balaban J connectivity index is 1.65. The number of benzene rings is 1. The second kappa shape index (κ2) is 8.80. The Hall–Kier alpha value is -1.28. The summed E-state index contributed by atoms with van der Waals surface area (Å²) in [5.41, 5.74) is 1.16.